The Balaban J connectivity index is 2.47. The van der Waals surface area contributed by atoms with Gasteiger partial charge in [0.1, 0.15) is 0 Å². The quantitative estimate of drug-likeness (QED) is 0.700. The molecule has 1 fully saturated rings. The molecule has 1 aliphatic heterocycles. The molecule has 1 rings (SSSR count). The van der Waals surface area contributed by atoms with E-state index in [4.69, 9.17) is 10.5 Å². The van der Waals surface area contributed by atoms with Gasteiger partial charge in [-0.15, -0.1) is 0 Å². The maximum absolute atomic E-state index is 12.6. The second kappa shape index (κ2) is 8.43. The minimum absolute atomic E-state index is 0.0252. The number of hydrogen-bond donors (Lipinski definition) is 1. The van der Waals surface area contributed by atoms with Crippen LogP contribution in [-0.2, 0) is 14.3 Å². The smallest absolute Gasteiger partial charge is 0.223 e. The van der Waals surface area contributed by atoms with Gasteiger partial charge in [-0.25, -0.2) is 0 Å². The lowest BCUT2D eigenvalue weighted by Gasteiger charge is -2.29. The number of nitrogens with two attached hydrogens (primary N) is 1. The van der Waals surface area contributed by atoms with Crippen LogP contribution >= 0.6 is 0 Å². The molecule has 0 aromatic heterocycles. The molecule has 0 spiro atoms. The molecule has 5 nitrogen and oxygen atoms in total. The van der Waals surface area contributed by atoms with Gasteiger partial charge in [-0.2, -0.15) is 0 Å². The minimum Gasteiger partial charge on any atom is -0.375 e. The van der Waals surface area contributed by atoms with Gasteiger partial charge < -0.3 is 15.4 Å². The molecule has 1 heterocycles. The first kappa shape index (κ1) is 21.1. The number of likely N-dealkylation sites (tertiary alicyclic amines) is 1. The molecule has 1 aliphatic rings. The van der Waals surface area contributed by atoms with Gasteiger partial charge >= 0.3 is 0 Å². The first-order valence-corrected chi connectivity index (χ1v) is 9.19. The van der Waals surface area contributed by atoms with Crippen LogP contribution in [0.3, 0.4) is 0 Å². The summed E-state index contributed by atoms with van der Waals surface area (Å²) in [6, 6.07) is -0.223. The van der Waals surface area contributed by atoms with E-state index < -0.39 is 0 Å². The lowest BCUT2D eigenvalue weighted by Crippen LogP contribution is -2.42. The number of ketones is 1. The van der Waals surface area contributed by atoms with Crippen LogP contribution in [0.25, 0.3) is 0 Å². The van der Waals surface area contributed by atoms with E-state index in [1.165, 1.54) is 0 Å². The van der Waals surface area contributed by atoms with Crippen molar-refractivity contribution in [3.05, 3.63) is 0 Å². The molecule has 1 atom stereocenters. The van der Waals surface area contributed by atoms with Crippen molar-refractivity contribution in [2.75, 3.05) is 13.2 Å². The minimum atomic E-state index is -0.363. The molecule has 0 aliphatic carbocycles. The topological polar surface area (TPSA) is 72.6 Å². The summed E-state index contributed by atoms with van der Waals surface area (Å²) in [5.74, 6) is 0.228. The second-order valence-corrected chi connectivity index (χ2v) is 8.65. The predicted molar refractivity (Wildman–Crippen MR) is 96.7 cm³/mol. The summed E-state index contributed by atoms with van der Waals surface area (Å²) >= 11 is 0. The maximum Gasteiger partial charge on any atom is 0.223 e. The zero-order chi connectivity index (χ0) is 18.5. The van der Waals surface area contributed by atoms with E-state index in [1.54, 1.807) is 4.90 Å². The van der Waals surface area contributed by atoms with E-state index in [1.807, 2.05) is 41.5 Å². The van der Waals surface area contributed by atoms with Crippen molar-refractivity contribution in [3.8, 4) is 0 Å². The van der Waals surface area contributed by atoms with Crippen molar-refractivity contribution in [1.29, 1.82) is 0 Å². The number of rotatable bonds is 9. The van der Waals surface area contributed by atoms with Gasteiger partial charge in [0.05, 0.1) is 11.6 Å². The third kappa shape index (κ3) is 6.89. The molecule has 0 bridgehead atoms. The van der Waals surface area contributed by atoms with E-state index in [0.29, 0.717) is 26.0 Å². The fourth-order valence-electron chi connectivity index (χ4n) is 2.96. The lowest BCUT2D eigenvalue weighted by atomic mass is 9.98. The third-order valence-electron chi connectivity index (χ3n) is 4.65. The molecular weight excluding hydrogens is 304 g/mol. The Kier molecular flexibility index (Phi) is 7.42. The van der Waals surface area contributed by atoms with E-state index in [0.717, 1.165) is 19.3 Å². The van der Waals surface area contributed by atoms with Crippen molar-refractivity contribution in [2.45, 2.75) is 90.8 Å². The Morgan fingerprint density at radius 1 is 1.21 bits per heavy atom. The molecule has 24 heavy (non-hydrogen) atoms. The number of carbonyl (C=O) groups is 2. The highest BCUT2D eigenvalue weighted by atomic mass is 16.5. The maximum atomic E-state index is 12.6. The summed E-state index contributed by atoms with van der Waals surface area (Å²) in [6.07, 6.45) is 3.56. The summed E-state index contributed by atoms with van der Waals surface area (Å²) in [5, 5.41) is 0. The molecule has 0 saturated carbocycles. The Morgan fingerprint density at radius 2 is 1.83 bits per heavy atom. The van der Waals surface area contributed by atoms with E-state index in [9.17, 15) is 9.59 Å². The van der Waals surface area contributed by atoms with Gasteiger partial charge in [0, 0.05) is 31.0 Å². The van der Waals surface area contributed by atoms with Gasteiger partial charge in [0.25, 0.3) is 0 Å². The molecular formula is C19H36N2O3. The van der Waals surface area contributed by atoms with Gasteiger partial charge in [0.2, 0.25) is 5.91 Å². The molecule has 1 amide bonds. The second-order valence-electron chi connectivity index (χ2n) is 8.65. The first-order valence-electron chi connectivity index (χ1n) is 9.19. The molecule has 1 saturated heterocycles. The van der Waals surface area contributed by atoms with Crippen molar-refractivity contribution in [3.63, 3.8) is 0 Å². The normalized spacial score (nSPS) is 19.2. The molecule has 0 aromatic rings. The number of ether oxygens (including phenoxy) is 1. The third-order valence-corrected chi connectivity index (χ3v) is 4.65. The van der Waals surface area contributed by atoms with Crippen LogP contribution in [0.4, 0.5) is 0 Å². The van der Waals surface area contributed by atoms with Gasteiger partial charge in [0.15, 0.2) is 5.78 Å². The van der Waals surface area contributed by atoms with Crippen LogP contribution in [0.5, 0.6) is 0 Å². The highest BCUT2D eigenvalue weighted by molar-refractivity contribution is 5.90. The van der Waals surface area contributed by atoms with E-state index in [-0.39, 0.29) is 34.8 Å². The summed E-state index contributed by atoms with van der Waals surface area (Å²) in [7, 11) is 0. The predicted octanol–water partition coefficient (Wildman–Crippen LogP) is 2.91. The standard InChI is InChI=1S/C19H36N2O3/c1-14(2)17(23)15-8-7-12-21(15)16(22)9-10-19(5,6)24-13-11-18(3,4)20/h14-15H,7-13,20H2,1-6H3. The van der Waals surface area contributed by atoms with Crippen molar-refractivity contribution < 1.29 is 14.3 Å². The molecule has 1 unspecified atom stereocenters. The van der Waals surface area contributed by atoms with Crippen LogP contribution in [0, 0.1) is 5.92 Å². The number of hydrogen-bond acceptors (Lipinski definition) is 4. The highest BCUT2D eigenvalue weighted by Crippen LogP contribution is 2.24. The molecule has 0 aromatic carbocycles. The molecule has 0 radical (unpaired) electrons. The first-order chi connectivity index (χ1) is 10.9. The number of carbonyl (C=O) groups excluding carboxylic acids is 2. The number of amides is 1. The molecule has 2 N–H and O–H groups in total. The van der Waals surface area contributed by atoms with Crippen molar-refractivity contribution in [1.82, 2.24) is 4.90 Å². The summed E-state index contributed by atoms with van der Waals surface area (Å²) < 4.78 is 5.91. The van der Waals surface area contributed by atoms with Crippen LogP contribution < -0.4 is 5.73 Å². The van der Waals surface area contributed by atoms with Gasteiger partial charge in [-0.3, -0.25) is 9.59 Å². The Hall–Kier alpha value is -0.940. The fraction of sp³-hybridized carbons (Fsp3) is 0.895. The van der Waals surface area contributed by atoms with Gasteiger partial charge in [-0.05, 0) is 53.4 Å². The number of nitrogens with zero attached hydrogens (tertiary/aromatic N) is 1. The molecule has 5 heteroatoms. The van der Waals surface area contributed by atoms with Crippen LogP contribution in [0.1, 0.15) is 73.6 Å². The van der Waals surface area contributed by atoms with Crippen molar-refractivity contribution >= 4 is 11.7 Å². The average Bonchev–Trinajstić information content (AvgIpc) is 2.91. The van der Waals surface area contributed by atoms with Crippen molar-refractivity contribution in [2.24, 2.45) is 11.7 Å². The lowest BCUT2D eigenvalue weighted by molar-refractivity contribution is -0.139. The monoisotopic (exact) mass is 340 g/mol. The van der Waals surface area contributed by atoms with Crippen LogP contribution in [0.15, 0.2) is 0 Å². The fourth-order valence-corrected chi connectivity index (χ4v) is 2.96. The van der Waals surface area contributed by atoms with Crippen LogP contribution in [0.2, 0.25) is 0 Å². The summed E-state index contributed by atoms with van der Waals surface area (Å²) in [6.45, 7) is 13.1. The highest BCUT2D eigenvalue weighted by Gasteiger charge is 2.35. The van der Waals surface area contributed by atoms with E-state index in [2.05, 4.69) is 0 Å². The SMILES string of the molecule is CC(C)C(=O)C1CCCN1C(=O)CCC(C)(C)OCCC(C)(C)N. The summed E-state index contributed by atoms with van der Waals surface area (Å²) in [5.41, 5.74) is 5.36. The Bertz CT molecular complexity index is 438. The largest absolute Gasteiger partial charge is 0.375 e. The zero-order valence-electron chi connectivity index (χ0n) is 16.4. The van der Waals surface area contributed by atoms with E-state index >= 15 is 0 Å². The number of Topliss-reactive ketones (excluding diaryl/α,β-unsaturated/α-hetero) is 1. The molecule has 140 valence electrons. The zero-order valence-corrected chi connectivity index (χ0v) is 16.4. The Labute approximate surface area is 147 Å². The van der Waals surface area contributed by atoms with Crippen LogP contribution in [-0.4, -0.2) is 46.9 Å². The average molecular weight is 341 g/mol. The summed E-state index contributed by atoms with van der Waals surface area (Å²) in [4.78, 5) is 26.6. The Morgan fingerprint density at radius 3 is 2.38 bits per heavy atom. The van der Waals surface area contributed by atoms with Gasteiger partial charge in [-0.1, -0.05) is 13.8 Å².